The van der Waals surface area contributed by atoms with Gasteiger partial charge in [0.1, 0.15) is 17.0 Å². The minimum atomic E-state index is -1.13. The molecule has 0 atom stereocenters. The van der Waals surface area contributed by atoms with Crippen LogP contribution in [0.15, 0.2) is 0 Å². The average molecular weight is 258 g/mol. The molecule has 0 heterocycles. The first-order valence-corrected chi connectivity index (χ1v) is 5.95. The summed E-state index contributed by atoms with van der Waals surface area (Å²) in [7, 11) is 0. The number of ketones is 2. The molecule has 0 fully saturated rings. The number of hydrogen-bond donors (Lipinski definition) is 0. The fraction of sp³-hybridized carbons (Fsp3) is 0.769. The summed E-state index contributed by atoms with van der Waals surface area (Å²) in [4.78, 5) is 34.1. The Balaban J connectivity index is 4.69. The Kier molecular flexibility index (Phi) is 6.76. The van der Waals surface area contributed by atoms with E-state index in [0.29, 0.717) is 6.42 Å². The highest BCUT2D eigenvalue weighted by Gasteiger charge is 2.41. The predicted molar refractivity (Wildman–Crippen MR) is 65.8 cm³/mol. The molecule has 0 N–H and O–H groups in total. The van der Waals surface area contributed by atoms with Gasteiger partial charge < -0.3 is 9.47 Å². The van der Waals surface area contributed by atoms with E-state index < -0.39 is 11.4 Å². The standard InChI is InChI=1S/C13H22O5/c1-9(2)6-13(10(3)14,11(4)15)7-17-8-18-12(5)16/h9H,6-8H2,1-5H3. The Labute approximate surface area is 108 Å². The third-order valence-electron chi connectivity index (χ3n) is 2.80. The van der Waals surface area contributed by atoms with Crippen LogP contribution >= 0.6 is 0 Å². The second-order valence-electron chi connectivity index (χ2n) is 4.89. The predicted octanol–water partition coefficient (Wildman–Crippen LogP) is 1.73. The van der Waals surface area contributed by atoms with E-state index in [0.717, 1.165) is 0 Å². The Morgan fingerprint density at radius 3 is 1.89 bits per heavy atom. The highest BCUT2D eigenvalue weighted by atomic mass is 16.7. The van der Waals surface area contributed by atoms with E-state index in [1.165, 1.54) is 20.8 Å². The molecule has 0 amide bonds. The lowest BCUT2D eigenvalue weighted by Gasteiger charge is -2.29. The van der Waals surface area contributed by atoms with Gasteiger partial charge in [-0.05, 0) is 26.2 Å². The number of carbonyl (C=O) groups is 3. The fourth-order valence-electron chi connectivity index (χ4n) is 1.84. The molecule has 104 valence electrons. The zero-order valence-corrected chi connectivity index (χ0v) is 11.7. The first-order chi connectivity index (χ1) is 8.22. The summed E-state index contributed by atoms with van der Waals surface area (Å²) in [6, 6.07) is 0. The Bertz CT molecular complexity index is 305. The van der Waals surface area contributed by atoms with Crippen LogP contribution < -0.4 is 0 Å². The molecule has 5 heteroatoms. The molecule has 5 nitrogen and oxygen atoms in total. The summed E-state index contributed by atoms with van der Waals surface area (Å²) >= 11 is 0. The quantitative estimate of drug-likeness (QED) is 0.287. The van der Waals surface area contributed by atoms with Crippen molar-refractivity contribution < 1.29 is 23.9 Å². The van der Waals surface area contributed by atoms with Crippen LogP contribution in [0.4, 0.5) is 0 Å². The van der Waals surface area contributed by atoms with Gasteiger partial charge in [-0.1, -0.05) is 13.8 Å². The number of carbonyl (C=O) groups excluding carboxylic acids is 3. The lowest BCUT2D eigenvalue weighted by Crippen LogP contribution is -2.42. The third-order valence-corrected chi connectivity index (χ3v) is 2.80. The van der Waals surface area contributed by atoms with Gasteiger partial charge in [-0.3, -0.25) is 14.4 Å². The molecule has 0 saturated heterocycles. The van der Waals surface area contributed by atoms with Crippen molar-refractivity contribution in [1.29, 1.82) is 0 Å². The molecule has 0 rings (SSSR count). The van der Waals surface area contributed by atoms with E-state index in [9.17, 15) is 14.4 Å². The molecule has 0 bridgehead atoms. The first-order valence-electron chi connectivity index (χ1n) is 5.95. The lowest BCUT2D eigenvalue weighted by molar-refractivity contribution is -0.160. The topological polar surface area (TPSA) is 69.7 Å². The maximum atomic E-state index is 11.8. The van der Waals surface area contributed by atoms with E-state index in [-0.39, 0.29) is 30.9 Å². The fourth-order valence-corrected chi connectivity index (χ4v) is 1.84. The summed E-state index contributed by atoms with van der Waals surface area (Å²) in [5, 5.41) is 0. The minimum absolute atomic E-state index is 0.0525. The van der Waals surface area contributed by atoms with Gasteiger partial charge in [-0.25, -0.2) is 0 Å². The van der Waals surface area contributed by atoms with Crippen LogP contribution in [0.3, 0.4) is 0 Å². The Morgan fingerprint density at radius 2 is 1.56 bits per heavy atom. The number of ether oxygens (including phenoxy) is 2. The van der Waals surface area contributed by atoms with Crippen molar-refractivity contribution in [2.75, 3.05) is 13.4 Å². The first kappa shape index (κ1) is 16.8. The Morgan fingerprint density at radius 1 is 1.06 bits per heavy atom. The molecule has 0 aliphatic carbocycles. The smallest absolute Gasteiger partial charge is 0.304 e. The molecular formula is C13H22O5. The summed E-state index contributed by atoms with van der Waals surface area (Å²) in [5.41, 5.74) is -1.13. The van der Waals surface area contributed by atoms with E-state index >= 15 is 0 Å². The van der Waals surface area contributed by atoms with Gasteiger partial charge in [0.2, 0.25) is 0 Å². The maximum Gasteiger partial charge on any atom is 0.304 e. The maximum absolute atomic E-state index is 11.8. The molecule has 0 spiro atoms. The van der Waals surface area contributed by atoms with Gasteiger partial charge in [-0.15, -0.1) is 0 Å². The average Bonchev–Trinajstić information content (AvgIpc) is 2.20. The monoisotopic (exact) mass is 258 g/mol. The summed E-state index contributed by atoms with van der Waals surface area (Å²) in [6.45, 7) is 7.62. The zero-order valence-electron chi connectivity index (χ0n) is 11.7. The van der Waals surface area contributed by atoms with Crippen molar-refractivity contribution in [3.63, 3.8) is 0 Å². The molecular weight excluding hydrogens is 236 g/mol. The zero-order chi connectivity index (χ0) is 14.3. The van der Waals surface area contributed by atoms with E-state index in [4.69, 9.17) is 4.74 Å². The number of Topliss-reactive ketones (excluding diaryl/α,β-unsaturated/α-hetero) is 2. The molecule has 18 heavy (non-hydrogen) atoms. The summed E-state index contributed by atoms with van der Waals surface area (Å²) in [6.07, 6.45) is 0.428. The minimum Gasteiger partial charge on any atom is -0.439 e. The van der Waals surface area contributed by atoms with Crippen LogP contribution in [-0.4, -0.2) is 30.9 Å². The van der Waals surface area contributed by atoms with Gasteiger partial charge >= 0.3 is 5.97 Å². The van der Waals surface area contributed by atoms with Crippen LogP contribution in [0.5, 0.6) is 0 Å². The Hall–Kier alpha value is -1.23. The van der Waals surface area contributed by atoms with E-state index in [1.54, 1.807) is 0 Å². The summed E-state index contributed by atoms with van der Waals surface area (Å²) in [5.74, 6) is -0.705. The van der Waals surface area contributed by atoms with Crippen molar-refractivity contribution in [3.05, 3.63) is 0 Å². The van der Waals surface area contributed by atoms with Crippen molar-refractivity contribution in [1.82, 2.24) is 0 Å². The molecule has 0 saturated carbocycles. The molecule has 0 aromatic carbocycles. The third kappa shape index (κ3) is 4.96. The highest BCUT2D eigenvalue weighted by molar-refractivity contribution is 6.05. The normalized spacial score (nSPS) is 11.4. The number of rotatable bonds is 8. The van der Waals surface area contributed by atoms with Gasteiger partial charge in [0.15, 0.2) is 6.79 Å². The largest absolute Gasteiger partial charge is 0.439 e. The van der Waals surface area contributed by atoms with Gasteiger partial charge in [0.05, 0.1) is 6.61 Å². The SMILES string of the molecule is CC(=O)OCOCC(CC(C)C)(C(C)=O)C(C)=O. The van der Waals surface area contributed by atoms with Crippen LogP contribution in [0.25, 0.3) is 0 Å². The summed E-state index contributed by atoms with van der Waals surface area (Å²) < 4.78 is 9.77. The second-order valence-corrected chi connectivity index (χ2v) is 4.89. The van der Waals surface area contributed by atoms with Gasteiger partial charge in [-0.2, -0.15) is 0 Å². The molecule has 0 aromatic rings. The molecule has 0 unspecified atom stereocenters. The molecule has 0 aromatic heterocycles. The van der Waals surface area contributed by atoms with Crippen molar-refractivity contribution in [2.24, 2.45) is 11.3 Å². The molecule has 0 radical (unpaired) electrons. The number of esters is 1. The van der Waals surface area contributed by atoms with Crippen LogP contribution in [0.1, 0.15) is 41.0 Å². The lowest BCUT2D eigenvalue weighted by atomic mass is 9.74. The highest BCUT2D eigenvalue weighted by Crippen LogP contribution is 2.29. The van der Waals surface area contributed by atoms with Gasteiger partial charge in [0, 0.05) is 6.92 Å². The van der Waals surface area contributed by atoms with E-state index in [2.05, 4.69) is 4.74 Å². The van der Waals surface area contributed by atoms with Crippen molar-refractivity contribution in [2.45, 2.75) is 41.0 Å². The van der Waals surface area contributed by atoms with Crippen LogP contribution in [-0.2, 0) is 23.9 Å². The number of hydrogen-bond acceptors (Lipinski definition) is 5. The van der Waals surface area contributed by atoms with Crippen LogP contribution in [0, 0.1) is 11.3 Å². The van der Waals surface area contributed by atoms with Gasteiger partial charge in [0.25, 0.3) is 0 Å². The van der Waals surface area contributed by atoms with Crippen molar-refractivity contribution >= 4 is 17.5 Å². The second kappa shape index (κ2) is 7.26. The van der Waals surface area contributed by atoms with E-state index in [1.807, 2.05) is 13.8 Å². The molecule has 0 aliphatic heterocycles. The van der Waals surface area contributed by atoms with Crippen LogP contribution in [0.2, 0.25) is 0 Å². The molecule has 0 aliphatic rings. The van der Waals surface area contributed by atoms with Crippen molar-refractivity contribution in [3.8, 4) is 0 Å².